The first-order chi connectivity index (χ1) is 14.0. The Labute approximate surface area is 171 Å². The highest BCUT2D eigenvalue weighted by molar-refractivity contribution is 6.00. The Hall–Kier alpha value is -3.15. The average Bonchev–Trinajstić information content (AvgIpc) is 2.70. The van der Waals surface area contributed by atoms with E-state index in [4.69, 9.17) is 4.74 Å². The lowest BCUT2D eigenvalue weighted by atomic mass is 10.1. The number of amides is 2. The molecule has 0 heterocycles. The van der Waals surface area contributed by atoms with Gasteiger partial charge in [-0.1, -0.05) is 25.8 Å². The monoisotopic (exact) mass is 396 g/mol. The van der Waals surface area contributed by atoms with Crippen molar-refractivity contribution < 1.29 is 19.1 Å². The number of Topliss-reactive ketones (excluding diaryl/α,β-unsaturated/α-hetero) is 1. The lowest BCUT2D eigenvalue weighted by Gasteiger charge is -2.08. The molecule has 0 aliphatic rings. The number of carbonyl (C=O) groups excluding carboxylic acids is 3. The number of hydrogen-bond acceptors (Lipinski definition) is 4. The van der Waals surface area contributed by atoms with Gasteiger partial charge in [-0.3, -0.25) is 14.4 Å². The van der Waals surface area contributed by atoms with Crippen molar-refractivity contribution in [1.82, 2.24) is 0 Å². The second-order valence-corrected chi connectivity index (χ2v) is 6.81. The van der Waals surface area contributed by atoms with Gasteiger partial charge in [-0.05, 0) is 48.9 Å². The lowest BCUT2D eigenvalue weighted by molar-refractivity contribution is -0.116. The second-order valence-electron chi connectivity index (χ2n) is 6.81. The van der Waals surface area contributed by atoms with Crippen LogP contribution in [0.5, 0.6) is 5.75 Å². The van der Waals surface area contributed by atoms with Crippen LogP contribution in [0.4, 0.5) is 11.4 Å². The van der Waals surface area contributed by atoms with Gasteiger partial charge in [0.2, 0.25) is 11.8 Å². The van der Waals surface area contributed by atoms with Crippen LogP contribution in [0.25, 0.3) is 0 Å². The van der Waals surface area contributed by atoms with Crippen LogP contribution in [-0.4, -0.2) is 24.2 Å². The highest BCUT2D eigenvalue weighted by Gasteiger charge is 2.10. The predicted molar refractivity (Wildman–Crippen MR) is 114 cm³/mol. The molecule has 6 heteroatoms. The van der Waals surface area contributed by atoms with Crippen molar-refractivity contribution in [2.75, 3.05) is 17.2 Å². The molecule has 0 saturated carbocycles. The molecule has 0 saturated heterocycles. The van der Waals surface area contributed by atoms with E-state index in [1.165, 1.54) is 6.92 Å². The fourth-order valence-corrected chi connectivity index (χ4v) is 2.75. The number of ketones is 1. The summed E-state index contributed by atoms with van der Waals surface area (Å²) in [6.07, 6.45) is 3.49. The van der Waals surface area contributed by atoms with Crippen molar-refractivity contribution in [3.63, 3.8) is 0 Å². The molecule has 0 aliphatic carbocycles. The van der Waals surface area contributed by atoms with Crippen LogP contribution in [-0.2, 0) is 9.59 Å². The molecule has 6 nitrogen and oxygen atoms in total. The summed E-state index contributed by atoms with van der Waals surface area (Å²) in [6.45, 7) is 4.23. The maximum Gasteiger partial charge on any atom is 0.224 e. The molecule has 2 rings (SSSR count). The van der Waals surface area contributed by atoms with Crippen molar-refractivity contribution in [3.05, 3.63) is 54.1 Å². The first-order valence-electron chi connectivity index (χ1n) is 9.91. The van der Waals surface area contributed by atoms with Gasteiger partial charge in [-0.15, -0.1) is 0 Å². The molecule has 154 valence electrons. The summed E-state index contributed by atoms with van der Waals surface area (Å²) < 4.78 is 5.64. The average molecular weight is 396 g/mol. The standard InChI is InChI=1S/C23H28N2O4/c1-3-4-5-15-29-21-11-9-18(10-12-21)22(27)13-14-23(28)25-20-8-6-7-19(16-20)24-17(2)26/h6-12,16H,3-5,13-15H2,1-2H3,(H,24,26)(H,25,28). The third-order valence-corrected chi connectivity index (χ3v) is 4.24. The summed E-state index contributed by atoms with van der Waals surface area (Å²) in [7, 11) is 0. The van der Waals surface area contributed by atoms with E-state index in [0.29, 0.717) is 23.5 Å². The van der Waals surface area contributed by atoms with Gasteiger partial charge in [0.05, 0.1) is 6.61 Å². The number of benzene rings is 2. The zero-order chi connectivity index (χ0) is 21.1. The molecule has 2 aromatic carbocycles. The number of anilines is 2. The summed E-state index contributed by atoms with van der Waals surface area (Å²) in [6, 6.07) is 13.9. The second kappa shape index (κ2) is 11.6. The summed E-state index contributed by atoms with van der Waals surface area (Å²) >= 11 is 0. The van der Waals surface area contributed by atoms with E-state index in [0.717, 1.165) is 25.0 Å². The van der Waals surface area contributed by atoms with Crippen LogP contribution >= 0.6 is 0 Å². The van der Waals surface area contributed by atoms with E-state index in [1.54, 1.807) is 48.5 Å². The van der Waals surface area contributed by atoms with Crippen LogP contribution in [0.2, 0.25) is 0 Å². The first-order valence-corrected chi connectivity index (χ1v) is 9.91. The lowest BCUT2D eigenvalue weighted by Crippen LogP contribution is -2.14. The minimum Gasteiger partial charge on any atom is -0.494 e. The zero-order valence-corrected chi connectivity index (χ0v) is 17.0. The van der Waals surface area contributed by atoms with E-state index >= 15 is 0 Å². The molecule has 0 aromatic heterocycles. The van der Waals surface area contributed by atoms with Gasteiger partial charge < -0.3 is 15.4 Å². The number of rotatable bonds is 11. The highest BCUT2D eigenvalue weighted by atomic mass is 16.5. The SMILES string of the molecule is CCCCCOc1ccc(C(=O)CCC(=O)Nc2cccc(NC(C)=O)c2)cc1. The van der Waals surface area contributed by atoms with E-state index in [9.17, 15) is 14.4 Å². The normalized spacial score (nSPS) is 10.3. The topological polar surface area (TPSA) is 84.5 Å². The van der Waals surface area contributed by atoms with E-state index in [-0.39, 0.29) is 30.4 Å². The third kappa shape index (κ3) is 8.17. The quantitative estimate of drug-likeness (QED) is 0.421. The molecule has 2 amide bonds. The molecule has 2 N–H and O–H groups in total. The summed E-state index contributed by atoms with van der Waals surface area (Å²) in [4.78, 5) is 35.6. The molecule has 0 bridgehead atoms. The molecule has 0 radical (unpaired) electrons. The molecule has 0 aliphatic heterocycles. The Kier molecular flexibility index (Phi) is 8.89. The minimum atomic E-state index is -0.255. The summed E-state index contributed by atoms with van der Waals surface area (Å²) in [5.74, 6) is 0.213. The van der Waals surface area contributed by atoms with Crippen LogP contribution in [0.1, 0.15) is 56.3 Å². The van der Waals surface area contributed by atoms with Gasteiger partial charge in [-0.2, -0.15) is 0 Å². The summed E-state index contributed by atoms with van der Waals surface area (Å²) in [5.41, 5.74) is 1.73. The molecular formula is C23H28N2O4. The van der Waals surface area contributed by atoms with Crippen LogP contribution < -0.4 is 15.4 Å². The number of unbranched alkanes of at least 4 members (excludes halogenated alkanes) is 2. The van der Waals surface area contributed by atoms with Crippen molar-refractivity contribution in [1.29, 1.82) is 0 Å². The van der Waals surface area contributed by atoms with Gasteiger partial charge in [0.1, 0.15) is 5.75 Å². The first kappa shape index (κ1) is 22.1. The molecule has 2 aromatic rings. The highest BCUT2D eigenvalue weighted by Crippen LogP contribution is 2.17. The van der Waals surface area contributed by atoms with E-state index in [1.807, 2.05) is 0 Å². The fraction of sp³-hybridized carbons (Fsp3) is 0.348. The molecule has 29 heavy (non-hydrogen) atoms. The van der Waals surface area contributed by atoms with Crippen LogP contribution in [0.15, 0.2) is 48.5 Å². The fourth-order valence-electron chi connectivity index (χ4n) is 2.75. The minimum absolute atomic E-state index is 0.0818. The van der Waals surface area contributed by atoms with Crippen molar-refractivity contribution in [2.45, 2.75) is 46.0 Å². The molecule has 0 atom stereocenters. The van der Waals surface area contributed by atoms with Gasteiger partial charge in [0, 0.05) is 36.7 Å². The molecular weight excluding hydrogens is 368 g/mol. The van der Waals surface area contributed by atoms with Gasteiger partial charge in [0.15, 0.2) is 5.78 Å². The van der Waals surface area contributed by atoms with Crippen LogP contribution in [0, 0.1) is 0 Å². The smallest absolute Gasteiger partial charge is 0.224 e. The summed E-state index contributed by atoms with van der Waals surface area (Å²) in [5, 5.41) is 5.40. The van der Waals surface area contributed by atoms with E-state index in [2.05, 4.69) is 17.6 Å². The van der Waals surface area contributed by atoms with Crippen molar-refractivity contribution >= 4 is 29.0 Å². The zero-order valence-electron chi connectivity index (χ0n) is 17.0. The van der Waals surface area contributed by atoms with Gasteiger partial charge >= 0.3 is 0 Å². The Bertz CT molecular complexity index is 831. The van der Waals surface area contributed by atoms with Crippen molar-refractivity contribution in [3.8, 4) is 5.75 Å². The van der Waals surface area contributed by atoms with E-state index < -0.39 is 0 Å². The van der Waals surface area contributed by atoms with Crippen LogP contribution in [0.3, 0.4) is 0 Å². The molecule has 0 fully saturated rings. The van der Waals surface area contributed by atoms with Gasteiger partial charge in [0.25, 0.3) is 0 Å². The van der Waals surface area contributed by atoms with Crippen molar-refractivity contribution in [2.24, 2.45) is 0 Å². The largest absolute Gasteiger partial charge is 0.494 e. The Morgan fingerprint density at radius 2 is 1.59 bits per heavy atom. The molecule has 0 unspecified atom stereocenters. The number of nitrogens with one attached hydrogen (secondary N) is 2. The number of ether oxygens (including phenoxy) is 1. The maximum atomic E-state index is 12.3. The Morgan fingerprint density at radius 1 is 0.897 bits per heavy atom. The predicted octanol–water partition coefficient (Wildman–Crippen LogP) is 4.82. The third-order valence-electron chi connectivity index (χ3n) is 4.24. The maximum absolute atomic E-state index is 12.3. The number of carbonyl (C=O) groups is 3. The Morgan fingerprint density at radius 3 is 2.24 bits per heavy atom. The van der Waals surface area contributed by atoms with Gasteiger partial charge in [-0.25, -0.2) is 0 Å². The Balaban J connectivity index is 1.79. The molecule has 0 spiro atoms. The number of hydrogen-bond donors (Lipinski definition) is 2.